The Bertz CT molecular complexity index is 449. The molecule has 3 nitrogen and oxygen atoms in total. The second kappa shape index (κ2) is 4.42. The molecule has 5 heteroatoms. The van der Waals surface area contributed by atoms with Crippen LogP contribution in [0.3, 0.4) is 0 Å². The van der Waals surface area contributed by atoms with Crippen molar-refractivity contribution >= 4 is 0 Å². The summed E-state index contributed by atoms with van der Waals surface area (Å²) in [4.78, 5) is 0. The van der Waals surface area contributed by atoms with Gasteiger partial charge in [-0.2, -0.15) is 0 Å². The molecule has 0 spiro atoms. The molecule has 1 saturated heterocycles. The van der Waals surface area contributed by atoms with Crippen molar-refractivity contribution in [3.05, 3.63) is 29.8 Å². The van der Waals surface area contributed by atoms with Gasteiger partial charge < -0.3 is 14.6 Å². The lowest BCUT2D eigenvalue weighted by Crippen LogP contribution is -2.49. The molecule has 1 heterocycles. The van der Waals surface area contributed by atoms with Crippen molar-refractivity contribution < 1.29 is 23.4 Å². The van der Waals surface area contributed by atoms with E-state index in [1.54, 1.807) is 24.3 Å². The molecule has 19 heavy (non-hydrogen) atoms. The first-order valence-electron chi connectivity index (χ1n) is 6.34. The summed E-state index contributed by atoms with van der Waals surface area (Å²) in [6.45, 7) is 1.40. The van der Waals surface area contributed by atoms with E-state index in [4.69, 9.17) is 9.47 Å². The average molecular weight is 270 g/mol. The predicted octanol–water partition coefficient (Wildman–Crippen LogP) is 2.20. The highest BCUT2D eigenvalue weighted by molar-refractivity contribution is 5.34. The molecule has 1 aromatic carbocycles. The molecule has 0 amide bonds. The van der Waals surface area contributed by atoms with Gasteiger partial charge in [0.1, 0.15) is 12.4 Å². The van der Waals surface area contributed by atoms with E-state index in [1.807, 2.05) is 0 Å². The highest BCUT2D eigenvalue weighted by Gasteiger charge is 2.57. The summed E-state index contributed by atoms with van der Waals surface area (Å²) in [6.07, 6.45) is -0.0574. The molecule has 1 saturated carbocycles. The summed E-state index contributed by atoms with van der Waals surface area (Å²) in [5, 5.41) is 9.25. The lowest BCUT2D eigenvalue weighted by molar-refractivity contribution is -0.153. The molecule has 1 aliphatic heterocycles. The average Bonchev–Trinajstić information content (AvgIpc) is 2.98. The van der Waals surface area contributed by atoms with E-state index in [2.05, 4.69) is 0 Å². The van der Waals surface area contributed by atoms with Gasteiger partial charge in [0.2, 0.25) is 0 Å². The third-order valence-corrected chi connectivity index (χ3v) is 3.81. The van der Waals surface area contributed by atoms with Gasteiger partial charge in [0.25, 0.3) is 5.92 Å². The van der Waals surface area contributed by atoms with Crippen LogP contribution in [0, 0.1) is 5.41 Å². The maximum atomic E-state index is 12.9. The monoisotopic (exact) mass is 270 g/mol. The zero-order chi connectivity index (χ0) is 13.5. The van der Waals surface area contributed by atoms with Crippen LogP contribution in [0.2, 0.25) is 0 Å². The fraction of sp³-hybridized carbons (Fsp3) is 0.571. The molecule has 1 aliphatic carbocycles. The van der Waals surface area contributed by atoms with Crippen molar-refractivity contribution in [1.82, 2.24) is 0 Å². The minimum absolute atomic E-state index is 0.0272. The smallest absolute Gasteiger partial charge is 0.255 e. The highest BCUT2D eigenvalue weighted by atomic mass is 19.3. The molecule has 0 aromatic heterocycles. The summed E-state index contributed by atoms with van der Waals surface area (Å²) in [5.74, 6) is -2.54. The van der Waals surface area contributed by atoms with Crippen LogP contribution in [-0.2, 0) is 4.74 Å². The van der Waals surface area contributed by atoms with Crippen molar-refractivity contribution in [2.45, 2.75) is 18.3 Å². The van der Waals surface area contributed by atoms with Crippen molar-refractivity contribution in [2.75, 3.05) is 26.4 Å². The van der Waals surface area contributed by atoms with Crippen molar-refractivity contribution in [2.24, 2.45) is 5.41 Å². The highest BCUT2D eigenvalue weighted by Crippen LogP contribution is 2.55. The Balaban J connectivity index is 1.57. The van der Waals surface area contributed by atoms with Gasteiger partial charge in [-0.1, -0.05) is 12.1 Å². The topological polar surface area (TPSA) is 38.7 Å². The lowest BCUT2D eigenvalue weighted by atomic mass is 9.88. The number of rotatable bonds is 5. The quantitative estimate of drug-likeness (QED) is 0.891. The fourth-order valence-electron chi connectivity index (χ4n) is 2.22. The zero-order valence-electron chi connectivity index (χ0n) is 10.4. The molecule has 2 aliphatic rings. The summed E-state index contributed by atoms with van der Waals surface area (Å²) < 4.78 is 36.5. The Morgan fingerprint density at radius 1 is 1.26 bits per heavy atom. The normalized spacial score (nSPS) is 26.6. The van der Waals surface area contributed by atoms with Crippen molar-refractivity contribution in [3.63, 3.8) is 0 Å². The van der Waals surface area contributed by atoms with Crippen LogP contribution in [0.15, 0.2) is 24.3 Å². The molecule has 1 unspecified atom stereocenters. The Kier molecular flexibility index (Phi) is 2.98. The van der Waals surface area contributed by atoms with Crippen LogP contribution >= 0.6 is 0 Å². The molecule has 3 rings (SSSR count). The molecule has 1 atom stereocenters. The number of alkyl halides is 2. The van der Waals surface area contributed by atoms with Gasteiger partial charge in [-0.05, 0) is 17.7 Å². The fourth-order valence-corrected chi connectivity index (χ4v) is 2.22. The molecule has 1 N–H and O–H groups in total. The number of aliphatic hydroxyl groups is 1. The molecule has 1 aromatic rings. The van der Waals surface area contributed by atoms with E-state index in [0.717, 1.165) is 0 Å². The van der Waals surface area contributed by atoms with Gasteiger partial charge in [0, 0.05) is 6.42 Å². The Hall–Kier alpha value is -1.20. The van der Waals surface area contributed by atoms with E-state index in [9.17, 15) is 13.9 Å². The maximum absolute atomic E-state index is 12.9. The van der Waals surface area contributed by atoms with E-state index < -0.39 is 11.8 Å². The zero-order valence-corrected chi connectivity index (χ0v) is 10.4. The standard InChI is InChI=1S/C14H16F2O3/c15-14(16)5-12(14)10-1-3-11(4-2-10)19-9-13(6-17)7-18-8-13/h1-4,12,17H,5-9H2. The third-order valence-electron chi connectivity index (χ3n) is 3.81. The van der Waals surface area contributed by atoms with Crippen LogP contribution in [0.4, 0.5) is 8.78 Å². The Morgan fingerprint density at radius 2 is 1.89 bits per heavy atom. The largest absolute Gasteiger partial charge is 0.493 e. The van der Waals surface area contributed by atoms with Gasteiger partial charge >= 0.3 is 0 Å². The van der Waals surface area contributed by atoms with Crippen molar-refractivity contribution in [3.8, 4) is 5.75 Å². The van der Waals surface area contributed by atoms with Gasteiger partial charge in [0.05, 0.1) is 31.2 Å². The first-order valence-corrected chi connectivity index (χ1v) is 6.34. The summed E-state index contributed by atoms with van der Waals surface area (Å²) in [5.41, 5.74) is 0.351. The first-order chi connectivity index (χ1) is 9.05. The number of hydrogen-bond donors (Lipinski definition) is 1. The SMILES string of the molecule is OCC1(COc2ccc(C3CC3(F)F)cc2)COC1. The second-order valence-electron chi connectivity index (χ2n) is 5.53. The molecule has 2 fully saturated rings. The molecule has 104 valence electrons. The van der Waals surface area contributed by atoms with Crippen molar-refractivity contribution in [1.29, 1.82) is 0 Å². The maximum Gasteiger partial charge on any atom is 0.255 e. The van der Waals surface area contributed by atoms with E-state index in [0.29, 0.717) is 31.1 Å². The predicted molar refractivity (Wildman–Crippen MR) is 64.6 cm³/mol. The van der Waals surface area contributed by atoms with Gasteiger partial charge in [-0.15, -0.1) is 0 Å². The molecule has 0 radical (unpaired) electrons. The second-order valence-corrected chi connectivity index (χ2v) is 5.53. The number of halogens is 2. The van der Waals surface area contributed by atoms with Crippen LogP contribution in [0.1, 0.15) is 17.9 Å². The van der Waals surface area contributed by atoms with Gasteiger partial charge in [0.15, 0.2) is 0 Å². The number of ether oxygens (including phenoxy) is 2. The van der Waals surface area contributed by atoms with E-state index in [1.165, 1.54) is 0 Å². The minimum Gasteiger partial charge on any atom is -0.493 e. The third kappa shape index (κ3) is 2.44. The Labute approximate surface area is 110 Å². The van der Waals surface area contributed by atoms with E-state index >= 15 is 0 Å². The van der Waals surface area contributed by atoms with Crippen LogP contribution < -0.4 is 4.74 Å². The lowest BCUT2D eigenvalue weighted by Gasteiger charge is -2.39. The summed E-state index contributed by atoms with van der Waals surface area (Å²) in [6, 6.07) is 6.77. The first kappa shape index (κ1) is 12.8. The number of benzene rings is 1. The number of aliphatic hydroxyl groups excluding tert-OH is 1. The van der Waals surface area contributed by atoms with Gasteiger partial charge in [-0.3, -0.25) is 0 Å². The number of hydrogen-bond acceptors (Lipinski definition) is 3. The summed E-state index contributed by atoms with van der Waals surface area (Å²) >= 11 is 0. The molecular formula is C14H16F2O3. The van der Waals surface area contributed by atoms with Crippen LogP contribution in [-0.4, -0.2) is 37.5 Å². The molecule has 0 bridgehead atoms. The van der Waals surface area contributed by atoms with E-state index in [-0.39, 0.29) is 18.4 Å². The Morgan fingerprint density at radius 3 is 2.32 bits per heavy atom. The minimum atomic E-state index is -2.54. The van der Waals surface area contributed by atoms with Gasteiger partial charge in [-0.25, -0.2) is 8.78 Å². The summed E-state index contributed by atoms with van der Waals surface area (Å²) in [7, 11) is 0. The molecular weight excluding hydrogens is 254 g/mol. The van der Waals surface area contributed by atoms with Crippen LogP contribution in [0.25, 0.3) is 0 Å². The van der Waals surface area contributed by atoms with Crippen LogP contribution in [0.5, 0.6) is 5.75 Å².